The lowest BCUT2D eigenvalue weighted by Crippen LogP contribution is -2.13. The second-order valence-electron chi connectivity index (χ2n) is 4.95. The molecule has 2 rings (SSSR count). The van der Waals surface area contributed by atoms with Crippen molar-refractivity contribution in [2.45, 2.75) is 37.9 Å². The van der Waals surface area contributed by atoms with Gasteiger partial charge in [-0.25, -0.2) is 9.97 Å². The van der Waals surface area contributed by atoms with Crippen LogP contribution in [0, 0.1) is 6.92 Å². The largest absolute Gasteiger partial charge is 0.323 e. The van der Waals surface area contributed by atoms with E-state index in [0.29, 0.717) is 0 Å². The quantitative estimate of drug-likeness (QED) is 0.652. The fraction of sp³-hybridized carbons (Fsp3) is 0.375. The van der Waals surface area contributed by atoms with Crippen molar-refractivity contribution in [2.75, 3.05) is 5.75 Å². The summed E-state index contributed by atoms with van der Waals surface area (Å²) >= 11 is 1.60. The molecule has 1 unspecified atom stereocenters. The summed E-state index contributed by atoms with van der Waals surface area (Å²) in [5, 5.41) is 0.786. The van der Waals surface area contributed by atoms with Gasteiger partial charge in [-0.15, -0.1) is 0 Å². The van der Waals surface area contributed by atoms with Crippen molar-refractivity contribution in [3.8, 4) is 0 Å². The Bertz CT molecular complexity index is 522. The molecule has 3 nitrogen and oxygen atoms in total. The van der Waals surface area contributed by atoms with Gasteiger partial charge in [0.05, 0.1) is 0 Å². The molecule has 2 N–H and O–H groups in total. The van der Waals surface area contributed by atoms with E-state index < -0.39 is 0 Å². The number of aryl methyl sites for hydroxylation is 2. The van der Waals surface area contributed by atoms with Gasteiger partial charge < -0.3 is 5.73 Å². The first-order valence-electron chi connectivity index (χ1n) is 6.95. The Morgan fingerprint density at radius 3 is 2.40 bits per heavy atom. The molecule has 0 saturated heterocycles. The molecule has 1 heterocycles. The summed E-state index contributed by atoms with van der Waals surface area (Å²) < 4.78 is 0. The highest BCUT2D eigenvalue weighted by molar-refractivity contribution is 7.99. The van der Waals surface area contributed by atoms with E-state index in [1.807, 2.05) is 19.3 Å². The van der Waals surface area contributed by atoms with Crippen LogP contribution in [0.15, 0.2) is 41.8 Å². The Kier molecular flexibility index (Phi) is 5.56. The van der Waals surface area contributed by atoms with E-state index in [4.69, 9.17) is 5.73 Å². The van der Waals surface area contributed by atoms with Crippen LogP contribution < -0.4 is 5.73 Å². The third-order valence-corrected chi connectivity index (χ3v) is 4.09. The maximum atomic E-state index is 6.22. The van der Waals surface area contributed by atoms with Gasteiger partial charge in [0.2, 0.25) is 0 Å². The maximum absolute atomic E-state index is 6.22. The zero-order valence-corrected chi connectivity index (χ0v) is 12.9. The van der Waals surface area contributed by atoms with Gasteiger partial charge in [-0.05, 0) is 30.0 Å². The molecule has 1 aromatic carbocycles. The lowest BCUT2D eigenvalue weighted by atomic mass is 10.0. The molecule has 0 bridgehead atoms. The monoisotopic (exact) mass is 287 g/mol. The maximum Gasteiger partial charge on any atom is 0.187 e. The molecule has 4 heteroatoms. The Hall–Kier alpha value is -1.39. The van der Waals surface area contributed by atoms with Gasteiger partial charge in [-0.3, -0.25) is 0 Å². The minimum Gasteiger partial charge on any atom is -0.323 e. The van der Waals surface area contributed by atoms with Crippen LogP contribution in [0.2, 0.25) is 0 Å². The van der Waals surface area contributed by atoms with Crippen LogP contribution in [0.4, 0.5) is 0 Å². The highest BCUT2D eigenvalue weighted by Crippen LogP contribution is 2.21. The molecule has 2 aromatic rings. The number of nitrogens with two attached hydrogens (primary N) is 1. The van der Waals surface area contributed by atoms with Crippen LogP contribution in [-0.2, 0) is 6.42 Å². The van der Waals surface area contributed by atoms with Crippen molar-refractivity contribution in [1.29, 1.82) is 0 Å². The SMILES string of the molecule is CCCc1ccc(C(N)CSc2ncc(C)cn2)cc1. The summed E-state index contributed by atoms with van der Waals surface area (Å²) in [6.45, 7) is 4.18. The van der Waals surface area contributed by atoms with E-state index in [-0.39, 0.29) is 6.04 Å². The average Bonchev–Trinajstić information content (AvgIpc) is 2.47. The minimum atomic E-state index is 0.0144. The van der Waals surface area contributed by atoms with Crippen molar-refractivity contribution in [1.82, 2.24) is 9.97 Å². The van der Waals surface area contributed by atoms with Crippen LogP contribution in [-0.4, -0.2) is 15.7 Å². The first kappa shape index (κ1) is 15.0. The van der Waals surface area contributed by atoms with Crippen molar-refractivity contribution < 1.29 is 0 Å². The van der Waals surface area contributed by atoms with Crippen LogP contribution in [0.3, 0.4) is 0 Å². The summed E-state index contributed by atoms with van der Waals surface area (Å²) in [4.78, 5) is 8.56. The standard InChI is InChI=1S/C16H21N3S/c1-3-4-13-5-7-14(8-6-13)15(17)11-20-16-18-9-12(2)10-19-16/h5-10,15H,3-4,11,17H2,1-2H3. The average molecular weight is 287 g/mol. The molecule has 0 aliphatic carbocycles. The fourth-order valence-electron chi connectivity index (χ4n) is 1.94. The van der Waals surface area contributed by atoms with Gasteiger partial charge in [0.1, 0.15) is 0 Å². The molecule has 20 heavy (non-hydrogen) atoms. The second kappa shape index (κ2) is 7.41. The van der Waals surface area contributed by atoms with Crippen molar-refractivity contribution in [2.24, 2.45) is 5.73 Å². The van der Waals surface area contributed by atoms with Crippen LogP contribution in [0.5, 0.6) is 0 Å². The summed E-state index contributed by atoms with van der Waals surface area (Å²) in [6, 6.07) is 8.62. The lowest BCUT2D eigenvalue weighted by molar-refractivity contribution is 0.823. The zero-order valence-electron chi connectivity index (χ0n) is 12.0. The smallest absolute Gasteiger partial charge is 0.187 e. The Balaban J connectivity index is 1.90. The molecule has 106 valence electrons. The molecule has 0 aliphatic heterocycles. The first-order valence-corrected chi connectivity index (χ1v) is 7.93. The molecular weight excluding hydrogens is 266 g/mol. The third-order valence-electron chi connectivity index (χ3n) is 3.10. The van der Waals surface area contributed by atoms with Gasteiger partial charge in [0.15, 0.2) is 5.16 Å². The summed E-state index contributed by atoms with van der Waals surface area (Å²) in [5.41, 5.74) is 9.84. The highest BCUT2D eigenvalue weighted by atomic mass is 32.2. The summed E-state index contributed by atoms with van der Waals surface area (Å²) in [7, 11) is 0. The summed E-state index contributed by atoms with van der Waals surface area (Å²) in [6.07, 6.45) is 5.97. The predicted molar refractivity (Wildman–Crippen MR) is 84.9 cm³/mol. The van der Waals surface area contributed by atoms with Gasteiger partial charge in [0.25, 0.3) is 0 Å². The number of benzene rings is 1. The second-order valence-corrected chi connectivity index (χ2v) is 5.94. The van der Waals surface area contributed by atoms with Crippen molar-refractivity contribution in [3.63, 3.8) is 0 Å². The summed E-state index contributed by atoms with van der Waals surface area (Å²) in [5.74, 6) is 0.788. The van der Waals surface area contributed by atoms with Crippen molar-refractivity contribution >= 4 is 11.8 Å². The molecule has 0 fully saturated rings. The molecule has 0 spiro atoms. The Morgan fingerprint density at radius 2 is 1.80 bits per heavy atom. The fourth-order valence-corrected chi connectivity index (χ4v) is 2.71. The van der Waals surface area contributed by atoms with E-state index in [1.165, 1.54) is 17.5 Å². The molecule has 0 amide bonds. The minimum absolute atomic E-state index is 0.0144. The number of nitrogens with zero attached hydrogens (tertiary/aromatic N) is 2. The molecule has 1 atom stereocenters. The Morgan fingerprint density at radius 1 is 1.15 bits per heavy atom. The third kappa shape index (κ3) is 4.32. The van der Waals surface area contributed by atoms with Crippen LogP contribution in [0.25, 0.3) is 0 Å². The molecule has 0 aliphatic rings. The topological polar surface area (TPSA) is 51.8 Å². The van der Waals surface area contributed by atoms with Crippen LogP contribution >= 0.6 is 11.8 Å². The predicted octanol–water partition coefficient (Wildman–Crippen LogP) is 3.53. The Labute approximate surface area is 125 Å². The lowest BCUT2D eigenvalue weighted by Gasteiger charge is -2.11. The van der Waals surface area contributed by atoms with Crippen molar-refractivity contribution in [3.05, 3.63) is 53.3 Å². The van der Waals surface area contributed by atoms with E-state index in [2.05, 4.69) is 41.2 Å². The van der Waals surface area contributed by atoms with Crippen LogP contribution in [0.1, 0.15) is 36.1 Å². The number of hydrogen-bond acceptors (Lipinski definition) is 4. The van der Waals surface area contributed by atoms with Gasteiger partial charge in [-0.1, -0.05) is 49.4 Å². The number of thioether (sulfide) groups is 1. The number of aromatic nitrogens is 2. The molecular formula is C16H21N3S. The van der Waals surface area contributed by atoms with Gasteiger partial charge in [0, 0.05) is 24.2 Å². The molecule has 0 saturated carbocycles. The van der Waals surface area contributed by atoms with Gasteiger partial charge in [-0.2, -0.15) is 0 Å². The normalized spacial score (nSPS) is 12.3. The van der Waals surface area contributed by atoms with E-state index >= 15 is 0 Å². The van der Waals surface area contributed by atoms with E-state index in [0.717, 1.165) is 22.9 Å². The molecule has 1 aromatic heterocycles. The zero-order chi connectivity index (χ0) is 14.4. The number of rotatable bonds is 6. The first-order chi connectivity index (χ1) is 9.69. The molecule has 0 radical (unpaired) electrons. The van der Waals surface area contributed by atoms with Gasteiger partial charge >= 0.3 is 0 Å². The number of hydrogen-bond donors (Lipinski definition) is 1. The van der Waals surface area contributed by atoms with E-state index in [9.17, 15) is 0 Å². The highest BCUT2D eigenvalue weighted by Gasteiger charge is 2.08. The van der Waals surface area contributed by atoms with E-state index in [1.54, 1.807) is 11.8 Å².